The van der Waals surface area contributed by atoms with E-state index in [2.05, 4.69) is 10.1 Å². The summed E-state index contributed by atoms with van der Waals surface area (Å²) in [7, 11) is 1.70. The second kappa shape index (κ2) is 10.7. The lowest BCUT2D eigenvalue weighted by molar-refractivity contribution is 0.154. The molecule has 1 fully saturated rings. The lowest BCUT2D eigenvalue weighted by Gasteiger charge is -2.26. The summed E-state index contributed by atoms with van der Waals surface area (Å²) in [6, 6.07) is 3.73. The third kappa shape index (κ3) is 6.00. The van der Waals surface area contributed by atoms with Crippen molar-refractivity contribution in [1.29, 1.82) is 0 Å². The second-order valence-corrected chi connectivity index (χ2v) is 7.15. The van der Waals surface area contributed by atoms with E-state index in [4.69, 9.17) is 28.0 Å². The molecule has 156 valence electrons. The molecule has 0 saturated heterocycles. The van der Waals surface area contributed by atoms with Crippen LogP contribution in [0.1, 0.15) is 57.6 Å². The highest BCUT2D eigenvalue weighted by Gasteiger charge is 2.17. The largest absolute Gasteiger partial charge is 0.489 e. The first-order valence-electron chi connectivity index (χ1n) is 9.85. The Morgan fingerprint density at radius 3 is 2.50 bits per heavy atom. The van der Waals surface area contributed by atoms with Crippen LogP contribution in [0.3, 0.4) is 0 Å². The van der Waals surface area contributed by atoms with E-state index in [-0.39, 0.29) is 12.6 Å². The summed E-state index contributed by atoms with van der Waals surface area (Å²) in [6.07, 6.45) is 9.45. The molecule has 0 spiro atoms. The average Bonchev–Trinajstić information content (AvgIpc) is 2.70. The minimum Gasteiger partial charge on any atom is -0.489 e. The van der Waals surface area contributed by atoms with Gasteiger partial charge in [-0.25, -0.2) is 11.7 Å². The van der Waals surface area contributed by atoms with Crippen molar-refractivity contribution in [3.05, 3.63) is 29.7 Å². The third-order valence-electron chi connectivity index (χ3n) is 4.88. The number of aromatic nitrogens is 1. The maximum Gasteiger partial charge on any atom is 0.138 e. The molecule has 1 heterocycles. The molecular weight excluding hydrogens is 356 g/mol. The summed E-state index contributed by atoms with van der Waals surface area (Å²) >= 11 is 0. The Hall–Kier alpha value is -2.52. The maximum atomic E-state index is 6.34. The number of nitrogens with two attached hydrogens (primary N) is 4. The highest BCUT2D eigenvalue weighted by atomic mass is 16.5. The van der Waals surface area contributed by atoms with Crippen LogP contribution in [0.15, 0.2) is 29.1 Å². The van der Waals surface area contributed by atoms with Crippen LogP contribution in [-0.2, 0) is 0 Å². The number of ether oxygens (including phenoxy) is 1. The normalized spacial score (nSPS) is 16.5. The van der Waals surface area contributed by atoms with Gasteiger partial charge in [0.05, 0.1) is 35.9 Å². The lowest BCUT2D eigenvalue weighted by atomic mass is 9.98. The van der Waals surface area contributed by atoms with Gasteiger partial charge in [-0.15, -0.1) is 0 Å². The quantitative estimate of drug-likeness (QED) is 0.226. The van der Waals surface area contributed by atoms with Gasteiger partial charge in [-0.1, -0.05) is 13.3 Å². The fraction of sp³-hybridized carbons (Fsp3) is 0.579. The Bertz CT molecular complexity index is 665. The Balaban J connectivity index is 2.13. The predicted octanol–water partition coefficient (Wildman–Crippen LogP) is 1.47. The molecule has 1 aromatic heterocycles. The molecular formula is C19H34N8O. The van der Waals surface area contributed by atoms with Gasteiger partial charge in [0.1, 0.15) is 11.6 Å². The van der Waals surface area contributed by atoms with Gasteiger partial charge < -0.3 is 21.3 Å². The van der Waals surface area contributed by atoms with Gasteiger partial charge in [0, 0.05) is 13.5 Å². The van der Waals surface area contributed by atoms with Crippen LogP contribution in [0.5, 0.6) is 5.75 Å². The highest BCUT2D eigenvalue weighted by molar-refractivity contribution is 5.82. The Morgan fingerprint density at radius 2 is 1.96 bits per heavy atom. The molecule has 9 heteroatoms. The Kier molecular flexibility index (Phi) is 8.34. The molecule has 0 radical (unpaired) electrons. The van der Waals surface area contributed by atoms with Crippen molar-refractivity contribution in [2.75, 3.05) is 13.6 Å². The van der Waals surface area contributed by atoms with E-state index in [0.29, 0.717) is 29.3 Å². The molecule has 28 heavy (non-hydrogen) atoms. The van der Waals surface area contributed by atoms with Gasteiger partial charge in [0.25, 0.3) is 0 Å². The zero-order chi connectivity index (χ0) is 20.5. The van der Waals surface area contributed by atoms with E-state index in [1.807, 2.05) is 19.1 Å². The summed E-state index contributed by atoms with van der Waals surface area (Å²) in [6.45, 7) is 2.29. The van der Waals surface area contributed by atoms with Gasteiger partial charge in [0.2, 0.25) is 0 Å². The molecule has 1 saturated carbocycles. The molecule has 0 bridgehead atoms. The smallest absolute Gasteiger partial charge is 0.138 e. The zero-order valence-electron chi connectivity index (χ0n) is 17.0. The highest BCUT2D eigenvalue weighted by Crippen LogP contribution is 2.24. The first kappa shape index (κ1) is 21.8. The summed E-state index contributed by atoms with van der Waals surface area (Å²) in [5.41, 5.74) is 8.01. The number of nitrogens with zero attached hydrogens (tertiary/aromatic N) is 4. The van der Waals surface area contributed by atoms with Crippen molar-refractivity contribution in [1.82, 2.24) is 15.0 Å². The fourth-order valence-corrected chi connectivity index (χ4v) is 3.28. The third-order valence-corrected chi connectivity index (χ3v) is 4.88. The van der Waals surface area contributed by atoms with Crippen molar-refractivity contribution in [3.63, 3.8) is 0 Å². The van der Waals surface area contributed by atoms with E-state index in [1.165, 1.54) is 29.3 Å². The van der Waals surface area contributed by atoms with E-state index in [0.717, 1.165) is 25.0 Å². The van der Waals surface area contributed by atoms with Crippen molar-refractivity contribution in [2.24, 2.45) is 28.4 Å². The summed E-state index contributed by atoms with van der Waals surface area (Å²) in [5.74, 6) is 18.9. The molecule has 0 aliphatic heterocycles. The Morgan fingerprint density at radius 1 is 1.25 bits per heavy atom. The molecule has 0 amide bonds. The maximum absolute atomic E-state index is 6.34. The van der Waals surface area contributed by atoms with Crippen molar-refractivity contribution < 1.29 is 4.74 Å². The molecule has 0 unspecified atom stereocenters. The first-order valence-corrected chi connectivity index (χ1v) is 9.85. The van der Waals surface area contributed by atoms with Crippen LogP contribution in [0, 0.1) is 0 Å². The number of hydrogen-bond donors (Lipinski definition) is 4. The number of hydrazone groups is 1. The van der Waals surface area contributed by atoms with Gasteiger partial charge in [-0.3, -0.25) is 9.99 Å². The number of rotatable bonds is 8. The summed E-state index contributed by atoms with van der Waals surface area (Å²) in [5, 5.41) is 6.64. The SMILES string of the molecule is CCC/C(=N/N)N(N)C/C(=C(/N)c1ccc(OC2CCCCC2)cn1)N(C)N. The Labute approximate surface area is 167 Å². The minimum absolute atomic E-state index is 0.261. The second-order valence-electron chi connectivity index (χ2n) is 7.15. The molecule has 0 atom stereocenters. The predicted molar refractivity (Wildman–Crippen MR) is 112 cm³/mol. The molecule has 0 aromatic carbocycles. The van der Waals surface area contributed by atoms with Crippen molar-refractivity contribution >= 4 is 11.5 Å². The molecule has 8 N–H and O–H groups in total. The monoisotopic (exact) mass is 390 g/mol. The number of likely N-dealkylation sites (N-methyl/N-ethyl adjacent to an activating group) is 1. The van der Waals surface area contributed by atoms with E-state index in [1.54, 1.807) is 13.2 Å². The lowest BCUT2D eigenvalue weighted by Crippen LogP contribution is -2.43. The fourth-order valence-electron chi connectivity index (χ4n) is 3.28. The number of hydrogen-bond acceptors (Lipinski definition) is 8. The van der Waals surface area contributed by atoms with E-state index >= 15 is 0 Å². The van der Waals surface area contributed by atoms with Crippen LogP contribution < -0.4 is 28.0 Å². The van der Waals surface area contributed by atoms with Crippen molar-refractivity contribution in [2.45, 2.75) is 58.0 Å². The molecule has 1 aliphatic carbocycles. The number of pyridine rings is 1. The van der Waals surface area contributed by atoms with Crippen LogP contribution >= 0.6 is 0 Å². The summed E-state index contributed by atoms with van der Waals surface area (Å²) < 4.78 is 6.02. The number of hydrazine groups is 2. The van der Waals surface area contributed by atoms with E-state index in [9.17, 15) is 0 Å². The molecule has 1 aliphatic rings. The van der Waals surface area contributed by atoms with Crippen LogP contribution in [0.25, 0.3) is 5.70 Å². The van der Waals surface area contributed by atoms with Crippen LogP contribution in [-0.4, -0.2) is 40.5 Å². The number of amidine groups is 1. The average molecular weight is 391 g/mol. The van der Waals surface area contributed by atoms with Gasteiger partial charge in [-0.2, -0.15) is 5.10 Å². The molecule has 2 rings (SSSR count). The van der Waals surface area contributed by atoms with Gasteiger partial charge in [-0.05, 0) is 44.2 Å². The summed E-state index contributed by atoms with van der Waals surface area (Å²) in [4.78, 5) is 4.45. The standard InChI is InChI=1S/C19H34N8O/c1-3-7-18(25-21)27(23)13-17(26(2)22)19(20)16-11-10-15(12-24-16)28-14-8-5-4-6-9-14/h10-12,14H,3-9,13,20-23H2,1-2H3/b19-17-,25-18-. The molecule has 9 nitrogen and oxygen atoms in total. The van der Waals surface area contributed by atoms with Crippen molar-refractivity contribution in [3.8, 4) is 5.75 Å². The topological polar surface area (TPSA) is 145 Å². The molecule has 1 aromatic rings. The van der Waals surface area contributed by atoms with E-state index < -0.39 is 0 Å². The first-order chi connectivity index (χ1) is 13.5. The zero-order valence-corrected chi connectivity index (χ0v) is 17.0. The minimum atomic E-state index is 0.261. The van der Waals surface area contributed by atoms with Crippen LogP contribution in [0.2, 0.25) is 0 Å². The van der Waals surface area contributed by atoms with Crippen LogP contribution in [0.4, 0.5) is 0 Å². The van der Waals surface area contributed by atoms with Gasteiger partial charge in [0.15, 0.2) is 0 Å². The van der Waals surface area contributed by atoms with Gasteiger partial charge >= 0.3 is 0 Å².